The van der Waals surface area contributed by atoms with Crippen LogP contribution in [-0.4, -0.2) is 66.2 Å². The third kappa shape index (κ3) is 3.87. The van der Waals surface area contributed by atoms with Crippen LogP contribution in [0.2, 0.25) is 0 Å². The Morgan fingerprint density at radius 3 is 2.67 bits per heavy atom. The van der Waals surface area contributed by atoms with Crippen molar-refractivity contribution >= 4 is 12.0 Å². The van der Waals surface area contributed by atoms with E-state index in [9.17, 15) is 9.59 Å². The van der Waals surface area contributed by atoms with Crippen molar-refractivity contribution in [3.05, 3.63) is 0 Å². The summed E-state index contributed by atoms with van der Waals surface area (Å²) in [6, 6.07) is -0.706. The maximum Gasteiger partial charge on any atom is 0.326 e. The Balaban J connectivity index is 2.53. The highest BCUT2D eigenvalue weighted by Gasteiger charge is 2.27. The molecule has 1 rings (SSSR count). The number of nitrogens with one attached hydrogen (secondary N) is 1. The summed E-state index contributed by atoms with van der Waals surface area (Å²) in [5.41, 5.74) is 0. The summed E-state index contributed by atoms with van der Waals surface area (Å²) in [6.45, 7) is 3.11. The standard InChI is InChI=1S/C12H23N3O3/c1-4-10(11(16)17)13-12(18)15-7-5-6-9(8-15)14(2)3/h9-10H,4-8H2,1-3H3,(H,13,18)(H,16,17)/t9?,10-/m0/s1. The Labute approximate surface area is 108 Å². The van der Waals surface area contributed by atoms with Crippen LogP contribution in [-0.2, 0) is 4.79 Å². The van der Waals surface area contributed by atoms with E-state index >= 15 is 0 Å². The van der Waals surface area contributed by atoms with Crippen molar-refractivity contribution in [1.29, 1.82) is 0 Å². The fraction of sp³-hybridized carbons (Fsp3) is 0.833. The first-order chi connectivity index (χ1) is 8.45. The highest BCUT2D eigenvalue weighted by molar-refractivity contribution is 5.82. The van der Waals surface area contributed by atoms with Gasteiger partial charge in [-0.1, -0.05) is 6.92 Å². The molecule has 1 unspecified atom stereocenters. The first-order valence-electron chi connectivity index (χ1n) is 6.40. The van der Waals surface area contributed by atoms with Crippen LogP contribution in [0.1, 0.15) is 26.2 Å². The molecule has 0 aromatic rings. The van der Waals surface area contributed by atoms with Crippen molar-refractivity contribution < 1.29 is 14.7 Å². The van der Waals surface area contributed by atoms with E-state index < -0.39 is 12.0 Å². The summed E-state index contributed by atoms with van der Waals surface area (Å²) >= 11 is 0. The van der Waals surface area contributed by atoms with E-state index in [2.05, 4.69) is 10.2 Å². The highest BCUT2D eigenvalue weighted by Crippen LogP contribution is 2.13. The Morgan fingerprint density at radius 1 is 1.50 bits per heavy atom. The second kappa shape index (κ2) is 6.58. The van der Waals surface area contributed by atoms with Crippen LogP contribution >= 0.6 is 0 Å². The number of aliphatic carboxylic acids is 1. The normalized spacial score (nSPS) is 21.8. The molecule has 1 aliphatic rings. The summed E-state index contributed by atoms with van der Waals surface area (Å²) < 4.78 is 0. The monoisotopic (exact) mass is 257 g/mol. The molecule has 2 amide bonds. The topological polar surface area (TPSA) is 72.9 Å². The van der Waals surface area contributed by atoms with Crippen molar-refractivity contribution in [1.82, 2.24) is 15.1 Å². The summed E-state index contributed by atoms with van der Waals surface area (Å²) in [4.78, 5) is 26.7. The molecule has 6 nitrogen and oxygen atoms in total. The minimum Gasteiger partial charge on any atom is -0.480 e. The molecule has 0 aromatic heterocycles. The summed E-state index contributed by atoms with van der Waals surface area (Å²) in [5, 5.41) is 11.5. The predicted octanol–water partition coefficient (Wildman–Crippen LogP) is 0.585. The molecule has 0 saturated carbocycles. The van der Waals surface area contributed by atoms with Crippen molar-refractivity contribution in [2.45, 2.75) is 38.3 Å². The second-order valence-corrected chi connectivity index (χ2v) is 4.95. The van der Waals surface area contributed by atoms with Crippen LogP contribution < -0.4 is 5.32 Å². The van der Waals surface area contributed by atoms with Crippen molar-refractivity contribution in [3.8, 4) is 0 Å². The molecule has 2 atom stereocenters. The van der Waals surface area contributed by atoms with Crippen molar-refractivity contribution in [2.24, 2.45) is 0 Å². The van der Waals surface area contributed by atoms with Gasteiger partial charge in [0.2, 0.25) is 0 Å². The largest absolute Gasteiger partial charge is 0.480 e. The Hall–Kier alpha value is -1.30. The van der Waals surface area contributed by atoms with Crippen LogP contribution in [0.25, 0.3) is 0 Å². The molecule has 18 heavy (non-hydrogen) atoms. The lowest BCUT2D eigenvalue weighted by molar-refractivity contribution is -0.139. The summed E-state index contributed by atoms with van der Waals surface area (Å²) in [5.74, 6) is -0.980. The molecule has 1 aliphatic heterocycles. The van der Waals surface area contributed by atoms with E-state index in [1.165, 1.54) is 0 Å². The molecule has 104 valence electrons. The van der Waals surface area contributed by atoms with E-state index in [1.54, 1.807) is 11.8 Å². The van der Waals surface area contributed by atoms with Gasteiger partial charge in [-0.25, -0.2) is 9.59 Å². The van der Waals surface area contributed by atoms with Gasteiger partial charge in [-0.3, -0.25) is 0 Å². The zero-order valence-corrected chi connectivity index (χ0v) is 11.3. The molecule has 0 aliphatic carbocycles. The average molecular weight is 257 g/mol. The van der Waals surface area contributed by atoms with E-state index in [0.29, 0.717) is 25.6 Å². The smallest absolute Gasteiger partial charge is 0.326 e. The molecule has 0 spiro atoms. The zero-order chi connectivity index (χ0) is 13.7. The van der Waals surface area contributed by atoms with Crippen molar-refractivity contribution in [3.63, 3.8) is 0 Å². The van der Waals surface area contributed by atoms with Gasteiger partial charge in [0.1, 0.15) is 6.04 Å². The van der Waals surface area contributed by atoms with Crippen LogP contribution in [0.3, 0.4) is 0 Å². The average Bonchev–Trinajstić information content (AvgIpc) is 2.35. The first kappa shape index (κ1) is 14.8. The first-order valence-corrected chi connectivity index (χ1v) is 6.40. The van der Waals surface area contributed by atoms with Crippen molar-refractivity contribution in [2.75, 3.05) is 27.2 Å². The maximum atomic E-state index is 12.0. The lowest BCUT2D eigenvalue weighted by atomic mass is 10.1. The number of piperidine rings is 1. The number of urea groups is 1. The summed E-state index contributed by atoms with van der Waals surface area (Å²) in [6.07, 6.45) is 2.43. The molecule has 6 heteroatoms. The third-order valence-corrected chi connectivity index (χ3v) is 3.42. The Morgan fingerprint density at radius 2 is 2.17 bits per heavy atom. The van der Waals surface area contributed by atoms with Gasteiger partial charge >= 0.3 is 12.0 Å². The molecule has 1 fully saturated rings. The number of nitrogens with zero attached hydrogens (tertiary/aromatic N) is 2. The zero-order valence-electron chi connectivity index (χ0n) is 11.3. The van der Waals surface area contributed by atoms with Gasteiger partial charge in [-0.05, 0) is 33.4 Å². The predicted molar refractivity (Wildman–Crippen MR) is 68.5 cm³/mol. The number of carboxylic acids is 1. The number of hydrogen-bond donors (Lipinski definition) is 2. The van der Waals surface area contributed by atoms with Gasteiger partial charge in [0, 0.05) is 19.1 Å². The van der Waals surface area contributed by atoms with E-state index in [1.807, 2.05) is 14.1 Å². The van der Waals surface area contributed by atoms with E-state index in [0.717, 1.165) is 12.8 Å². The lowest BCUT2D eigenvalue weighted by Crippen LogP contribution is -2.53. The molecule has 1 saturated heterocycles. The summed E-state index contributed by atoms with van der Waals surface area (Å²) in [7, 11) is 4.00. The van der Waals surface area contributed by atoms with Gasteiger partial charge in [0.25, 0.3) is 0 Å². The highest BCUT2D eigenvalue weighted by atomic mass is 16.4. The Bertz CT molecular complexity index is 307. The minimum atomic E-state index is -0.980. The molecule has 0 radical (unpaired) electrons. The van der Waals surface area contributed by atoms with Gasteiger partial charge in [-0.2, -0.15) is 0 Å². The van der Waals surface area contributed by atoms with Crippen LogP contribution in [0.4, 0.5) is 4.79 Å². The van der Waals surface area contributed by atoms with E-state index in [-0.39, 0.29) is 6.03 Å². The number of hydrogen-bond acceptors (Lipinski definition) is 3. The molecule has 1 heterocycles. The fourth-order valence-electron chi connectivity index (χ4n) is 2.14. The maximum absolute atomic E-state index is 12.0. The molecule has 2 N–H and O–H groups in total. The number of carbonyl (C=O) groups is 2. The second-order valence-electron chi connectivity index (χ2n) is 4.95. The number of carboxylic acid groups (broad SMARTS) is 1. The fourth-order valence-corrected chi connectivity index (χ4v) is 2.14. The number of amides is 2. The van der Waals surface area contributed by atoms with Crippen LogP contribution in [0, 0.1) is 0 Å². The third-order valence-electron chi connectivity index (χ3n) is 3.42. The molecular weight excluding hydrogens is 234 g/mol. The minimum absolute atomic E-state index is 0.268. The van der Waals surface area contributed by atoms with Gasteiger partial charge in [0.05, 0.1) is 0 Å². The molecule has 0 aromatic carbocycles. The molecule has 0 bridgehead atoms. The number of likely N-dealkylation sites (tertiary alicyclic amines) is 1. The van der Waals surface area contributed by atoms with Crippen LogP contribution in [0.15, 0.2) is 0 Å². The van der Waals surface area contributed by atoms with Gasteiger partial charge in [0.15, 0.2) is 0 Å². The number of likely N-dealkylation sites (N-methyl/N-ethyl adjacent to an activating group) is 1. The molecular formula is C12H23N3O3. The SMILES string of the molecule is CC[C@H](NC(=O)N1CCCC(N(C)C)C1)C(=O)O. The van der Waals surface area contributed by atoms with Gasteiger partial charge in [-0.15, -0.1) is 0 Å². The van der Waals surface area contributed by atoms with Crippen LogP contribution in [0.5, 0.6) is 0 Å². The van der Waals surface area contributed by atoms with E-state index in [4.69, 9.17) is 5.11 Å². The number of rotatable bonds is 4. The van der Waals surface area contributed by atoms with Gasteiger partial charge < -0.3 is 20.2 Å². The number of carbonyl (C=O) groups excluding carboxylic acids is 1. The quantitative estimate of drug-likeness (QED) is 0.773. The lowest BCUT2D eigenvalue weighted by Gasteiger charge is -2.36. The Kier molecular flexibility index (Phi) is 5.40.